The number of rotatable bonds is 26. The maximum absolute atomic E-state index is 14.6. The van der Waals surface area contributed by atoms with Crippen LogP contribution < -0.4 is 42.5 Å². The highest BCUT2D eigenvalue weighted by atomic mass is 16.4. The predicted molar refractivity (Wildman–Crippen MR) is 232 cm³/mol. The third-order valence-corrected chi connectivity index (χ3v) is 10.2. The predicted octanol–water partition coefficient (Wildman–Crippen LogP) is -1.17. The number of carboxylic acids is 3. The van der Waals surface area contributed by atoms with E-state index < -0.39 is 151 Å². The minimum Gasteiger partial charge on any atom is -0.481 e. The topological polar surface area (TPSA) is 365 Å². The van der Waals surface area contributed by atoms with Gasteiger partial charge in [0, 0.05) is 32.0 Å². The van der Waals surface area contributed by atoms with E-state index in [-0.39, 0.29) is 25.8 Å². The summed E-state index contributed by atoms with van der Waals surface area (Å²) in [5.74, 6) is -13.1. The first-order chi connectivity index (χ1) is 30.9. The van der Waals surface area contributed by atoms with Crippen LogP contribution in [0, 0.1) is 11.8 Å². The highest BCUT2D eigenvalue weighted by Gasteiger charge is 2.45. The number of benzene rings is 1. The summed E-state index contributed by atoms with van der Waals surface area (Å²) >= 11 is 0. The van der Waals surface area contributed by atoms with Gasteiger partial charge in [0.2, 0.25) is 41.2 Å². The van der Waals surface area contributed by atoms with E-state index in [0.717, 1.165) is 11.8 Å². The van der Waals surface area contributed by atoms with Gasteiger partial charge in [-0.15, -0.1) is 0 Å². The Labute approximate surface area is 380 Å². The van der Waals surface area contributed by atoms with Gasteiger partial charge in [-0.2, -0.15) is 0 Å². The summed E-state index contributed by atoms with van der Waals surface area (Å²) in [5.41, 5.74) is 0.437. The fraction of sp³-hybridized carbons (Fsp3) is 0.571. The number of carbonyl (C=O) groups is 12. The highest BCUT2D eigenvalue weighted by molar-refractivity contribution is 6.38. The Morgan fingerprint density at radius 2 is 1.21 bits per heavy atom. The molecular weight excluding hydrogens is 871 g/mol. The molecule has 0 radical (unpaired) electrons. The van der Waals surface area contributed by atoms with Gasteiger partial charge in [-0.25, -0.2) is 4.79 Å². The number of para-hydroxylation sites is 1. The molecule has 1 heterocycles. The molecule has 0 aliphatic carbocycles. The Hall–Kier alpha value is -7.14. The second-order valence-corrected chi connectivity index (χ2v) is 16.3. The van der Waals surface area contributed by atoms with Gasteiger partial charge >= 0.3 is 23.9 Å². The van der Waals surface area contributed by atoms with Crippen LogP contribution in [0.15, 0.2) is 30.3 Å². The number of aliphatic carboxylic acids is 3. The van der Waals surface area contributed by atoms with Crippen molar-refractivity contribution in [2.24, 2.45) is 11.8 Å². The van der Waals surface area contributed by atoms with Crippen molar-refractivity contribution in [1.29, 1.82) is 0 Å². The molecule has 11 N–H and O–H groups in total. The van der Waals surface area contributed by atoms with Crippen molar-refractivity contribution in [2.45, 2.75) is 129 Å². The minimum atomic E-state index is -1.59. The number of ketones is 1. The smallest absolute Gasteiger partial charge is 0.322 e. The summed E-state index contributed by atoms with van der Waals surface area (Å²) in [4.78, 5) is 155. The third kappa shape index (κ3) is 18.2. The van der Waals surface area contributed by atoms with Crippen LogP contribution in [-0.4, -0.2) is 147 Å². The molecule has 1 aromatic carbocycles. The average molecular weight is 932 g/mol. The molecule has 24 nitrogen and oxygen atoms in total. The van der Waals surface area contributed by atoms with Gasteiger partial charge in [-0.1, -0.05) is 59.2 Å². The zero-order valence-corrected chi connectivity index (χ0v) is 37.6. The molecule has 2 rings (SSSR count). The number of urea groups is 1. The van der Waals surface area contributed by atoms with Crippen molar-refractivity contribution in [3.63, 3.8) is 0 Å². The van der Waals surface area contributed by atoms with Crippen molar-refractivity contribution in [2.75, 3.05) is 18.4 Å². The summed E-state index contributed by atoms with van der Waals surface area (Å²) in [6, 6.07) is -1.82. The molecule has 7 unspecified atom stereocenters. The number of nitrogens with zero attached hydrogens (tertiary/aromatic N) is 1. The Bertz CT molecular complexity index is 1960. The minimum absolute atomic E-state index is 0.0403. The molecule has 0 spiro atoms. The first-order valence-electron chi connectivity index (χ1n) is 21.3. The summed E-state index contributed by atoms with van der Waals surface area (Å²) in [7, 11) is 0. The molecule has 7 atom stereocenters. The summed E-state index contributed by atoms with van der Waals surface area (Å²) in [6.07, 6.45) is -1.94. The molecule has 364 valence electrons. The van der Waals surface area contributed by atoms with Gasteiger partial charge in [0.25, 0.3) is 5.91 Å². The number of hydrogen-bond acceptors (Lipinski definition) is 12. The maximum Gasteiger partial charge on any atom is 0.322 e. The number of amides is 9. The Kier molecular flexibility index (Phi) is 22.2. The van der Waals surface area contributed by atoms with Crippen LogP contribution in [0.2, 0.25) is 0 Å². The van der Waals surface area contributed by atoms with Crippen molar-refractivity contribution in [1.82, 2.24) is 42.1 Å². The zero-order valence-electron chi connectivity index (χ0n) is 37.6. The second-order valence-electron chi connectivity index (χ2n) is 16.3. The van der Waals surface area contributed by atoms with E-state index in [1.54, 1.807) is 65.0 Å². The molecule has 1 fully saturated rings. The van der Waals surface area contributed by atoms with Gasteiger partial charge < -0.3 is 62.8 Å². The quantitative estimate of drug-likeness (QED) is 0.0488. The summed E-state index contributed by atoms with van der Waals surface area (Å²) < 4.78 is 0. The lowest BCUT2D eigenvalue weighted by molar-refractivity contribution is -0.145. The molecule has 1 saturated heterocycles. The lowest BCUT2D eigenvalue weighted by Crippen LogP contribution is -2.61. The first kappa shape index (κ1) is 55.0. The Morgan fingerprint density at radius 1 is 0.667 bits per heavy atom. The van der Waals surface area contributed by atoms with Crippen molar-refractivity contribution in [3.05, 3.63) is 30.3 Å². The van der Waals surface area contributed by atoms with E-state index in [0.29, 0.717) is 12.1 Å². The van der Waals surface area contributed by atoms with Gasteiger partial charge in [-0.3, -0.25) is 52.7 Å². The Balaban J connectivity index is 2.44. The number of likely N-dealkylation sites (tertiary alicyclic amines) is 1. The molecule has 1 aliphatic rings. The van der Waals surface area contributed by atoms with E-state index in [9.17, 15) is 62.6 Å². The van der Waals surface area contributed by atoms with Crippen molar-refractivity contribution < 1.29 is 72.9 Å². The fourth-order valence-corrected chi connectivity index (χ4v) is 6.85. The fourth-order valence-electron chi connectivity index (χ4n) is 6.85. The molecule has 9 amide bonds. The molecule has 0 saturated carbocycles. The van der Waals surface area contributed by atoms with Crippen LogP contribution in [0.1, 0.15) is 86.5 Å². The zero-order chi connectivity index (χ0) is 49.8. The van der Waals surface area contributed by atoms with E-state index in [4.69, 9.17) is 10.2 Å². The van der Waals surface area contributed by atoms with Crippen LogP contribution in [0.5, 0.6) is 0 Å². The number of anilines is 1. The molecule has 1 aliphatic heterocycles. The van der Waals surface area contributed by atoms with Gasteiger partial charge in [0.15, 0.2) is 0 Å². The SMILES string of the molecule is CCCC(NC(=O)C1CC(NC(=O)Nc2ccccc2)CN1C(=O)C(NC(=O)C(NC(=O)C(CCC(=O)O)NC(=O)C(CCC(=O)O)NC(C)=O)C(C)C)C(C)C)C(=O)C(=O)NCC(=O)O. The van der Waals surface area contributed by atoms with Gasteiger partial charge in [-0.05, 0) is 49.7 Å². The summed E-state index contributed by atoms with van der Waals surface area (Å²) in [6.45, 7) is 7.88. The number of hydrogen-bond donors (Lipinski definition) is 11. The van der Waals surface area contributed by atoms with E-state index in [1.807, 2.05) is 5.32 Å². The van der Waals surface area contributed by atoms with Crippen molar-refractivity contribution in [3.8, 4) is 0 Å². The molecule has 0 aromatic heterocycles. The molecular formula is C42H61N9O15. The van der Waals surface area contributed by atoms with Crippen LogP contribution in [0.3, 0.4) is 0 Å². The highest BCUT2D eigenvalue weighted by Crippen LogP contribution is 2.23. The third-order valence-electron chi connectivity index (χ3n) is 10.2. The lowest BCUT2D eigenvalue weighted by Gasteiger charge is -2.33. The van der Waals surface area contributed by atoms with Gasteiger partial charge in [0.05, 0.1) is 12.1 Å². The largest absolute Gasteiger partial charge is 0.481 e. The van der Waals surface area contributed by atoms with Crippen LogP contribution >= 0.6 is 0 Å². The first-order valence-corrected chi connectivity index (χ1v) is 21.3. The molecule has 24 heteroatoms. The lowest BCUT2D eigenvalue weighted by atomic mass is 9.98. The van der Waals surface area contributed by atoms with E-state index in [1.165, 1.54) is 0 Å². The number of carbonyl (C=O) groups excluding carboxylic acids is 9. The number of nitrogens with one attached hydrogen (secondary N) is 8. The van der Waals surface area contributed by atoms with Crippen LogP contribution in [0.4, 0.5) is 10.5 Å². The van der Waals surface area contributed by atoms with Gasteiger partial charge in [0.1, 0.15) is 36.8 Å². The summed E-state index contributed by atoms with van der Waals surface area (Å²) in [5, 5.41) is 47.0. The van der Waals surface area contributed by atoms with Crippen LogP contribution in [-0.2, 0) is 52.7 Å². The second kappa shape index (κ2) is 26.6. The van der Waals surface area contributed by atoms with Crippen LogP contribution in [0.25, 0.3) is 0 Å². The number of Topliss-reactive ketones (excluding diaryl/α,β-unsaturated/α-hetero) is 1. The monoisotopic (exact) mass is 931 g/mol. The molecule has 0 bridgehead atoms. The maximum atomic E-state index is 14.6. The van der Waals surface area contributed by atoms with E-state index in [2.05, 4.69) is 37.2 Å². The number of carboxylic acid groups (broad SMARTS) is 3. The molecule has 1 aromatic rings. The Morgan fingerprint density at radius 3 is 1.73 bits per heavy atom. The van der Waals surface area contributed by atoms with Crippen molar-refractivity contribution >= 4 is 76.8 Å². The average Bonchev–Trinajstić information content (AvgIpc) is 3.66. The molecule has 66 heavy (non-hydrogen) atoms. The standard InChI is InChI=1S/C42H61N9O15/c1-7-11-26(35(59)40(64)43-19-32(57)58)47-38(62)29-18-25(46-42(66)45-24-12-9-8-10-13-24)20-51(29)41(65)34(22(4)5)50-39(63)33(21(2)3)49-37(61)28(15-17-31(55)56)48-36(60)27(44-23(6)52)14-16-30(53)54/h8-10,12-13,21-22,25-29,33-34H,7,11,14-20H2,1-6H3,(H,43,64)(H,44,52)(H,47,62)(H,48,60)(H,49,61)(H,50,63)(H,53,54)(H,55,56)(H,57,58)(H2,45,46,66). The van der Waals surface area contributed by atoms with E-state index >= 15 is 0 Å². The normalized spacial score (nSPS) is 16.6.